The van der Waals surface area contributed by atoms with Gasteiger partial charge in [-0.15, -0.1) is 0 Å². The molecule has 0 spiro atoms. The van der Waals surface area contributed by atoms with Gasteiger partial charge in [0, 0.05) is 42.0 Å². The fraction of sp³-hybridized carbons (Fsp3) is 0.526. The van der Waals surface area contributed by atoms with E-state index in [-0.39, 0.29) is 10.6 Å². The van der Waals surface area contributed by atoms with Crippen molar-refractivity contribution in [2.24, 2.45) is 0 Å². The predicted octanol–water partition coefficient (Wildman–Crippen LogP) is 3.52. The molecule has 132 valence electrons. The van der Waals surface area contributed by atoms with Crippen molar-refractivity contribution in [1.82, 2.24) is 9.88 Å². The molecule has 0 amide bonds. The van der Waals surface area contributed by atoms with E-state index in [1.54, 1.807) is 12.1 Å². The Labute approximate surface area is 147 Å². The van der Waals surface area contributed by atoms with E-state index in [1.165, 1.54) is 38.8 Å². The second-order valence-corrected chi connectivity index (χ2v) is 7.20. The maximum Gasteiger partial charge on any atom is 0.295 e. The van der Waals surface area contributed by atoms with Gasteiger partial charge in [-0.25, -0.2) is 4.98 Å². The molecule has 0 bridgehead atoms. The number of hydrogen-bond donors (Lipinski definition) is 0. The zero-order chi connectivity index (χ0) is 17.4. The fourth-order valence-corrected chi connectivity index (χ4v) is 4.33. The first-order chi connectivity index (χ1) is 12.1. The van der Waals surface area contributed by atoms with E-state index in [0.29, 0.717) is 11.6 Å². The number of hydrogen-bond acceptors (Lipinski definition) is 5. The van der Waals surface area contributed by atoms with Gasteiger partial charge in [0.15, 0.2) is 5.52 Å². The highest BCUT2D eigenvalue weighted by atomic mass is 16.6. The monoisotopic (exact) mass is 340 g/mol. The van der Waals surface area contributed by atoms with Crippen molar-refractivity contribution in [3.05, 3.63) is 40.1 Å². The van der Waals surface area contributed by atoms with Gasteiger partial charge in [0.05, 0.1) is 4.92 Å². The molecule has 2 aliphatic heterocycles. The van der Waals surface area contributed by atoms with Crippen molar-refractivity contribution in [1.29, 1.82) is 0 Å². The van der Waals surface area contributed by atoms with Crippen molar-refractivity contribution in [3.63, 3.8) is 0 Å². The van der Waals surface area contributed by atoms with E-state index in [9.17, 15) is 10.1 Å². The van der Waals surface area contributed by atoms with Crippen LogP contribution in [0.5, 0.6) is 0 Å². The normalized spacial score (nSPS) is 21.8. The zero-order valence-electron chi connectivity index (χ0n) is 14.6. The number of nitro benzene ring substituents is 1. The number of fused-ring (bicyclic) bond motifs is 1. The Morgan fingerprint density at radius 1 is 1.20 bits per heavy atom. The van der Waals surface area contributed by atoms with Gasteiger partial charge in [0.25, 0.3) is 5.69 Å². The Balaban J connectivity index is 1.73. The first kappa shape index (κ1) is 16.3. The number of likely N-dealkylation sites (tertiary alicyclic amines) is 1. The molecule has 0 saturated carbocycles. The molecule has 1 atom stereocenters. The van der Waals surface area contributed by atoms with Crippen LogP contribution in [0.2, 0.25) is 0 Å². The van der Waals surface area contributed by atoms with Crippen molar-refractivity contribution in [3.8, 4) is 0 Å². The average Bonchev–Trinajstić information content (AvgIpc) is 3.15. The minimum atomic E-state index is -0.332. The highest BCUT2D eigenvalue weighted by molar-refractivity contribution is 5.97. The van der Waals surface area contributed by atoms with Crippen molar-refractivity contribution < 1.29 is 4.92 Å². The molecule has 0 N–H and O–H groups in total. The smallest absolute Gasteiger partial charge is 0.295 e. The molecular weight excluding hydrogens is 316 g/mol. The summed E-state index contributed by atoms with van der Waals surface area (Å²) >= 11 is 0. The van der Waals surface area contributed by atoms with Crippen LogP contribution in [0.15, 0.2) is 24.3 Å². The number of anilines is 1. The molecule has 1 unspecified atom stereocenters. The van der Waals surface area contributed by atoms with E-state index in [0.717, 1.165) is 29.9 Å². The highest BCUT2D eigenvalue weighted by Crippen LogP contribution is 2.34. The molecule has 0 radical (unpaired) electrons. The van der Waals surface area contributed by atoms with Crippen LogP contribution in [0.1, 0.15) is 31.4 Å². The maximum absolute atomic E-state index is 11.4. The summed E-state index contributed by atoms with van der Waals surface area (Å²) in [7, 11) is 0. The van der Waals surface area contributed by atoms with E-state index in [2.05, 4.69) is 20.9 Å². The van der Waals surface area contributed by atoms with Gasteiger partial charge >= 0.3 is 0 Å². The van der Waals surface area contributed by atoms with Crippen LogP contribution in [0, 0.1) is 17.0 Å². The van der Waals surface area contributed by atoms with Crippen molar-refractivity contribution in [2.45, 2.75) is 38.6 Å². The molecular formula is C19H24N4O2. The Kier molecular flexibility index (Phi) is 4.29. The Morgan fingerprint density at radius 2 is 2.00 bits per heavy atom. The largest absolute Gasteiger partial charge is 0.369 e. The SMILES string of the molecule is Cc1cc(N2CCCC(N3CCCC3)C2)c2cccc([N+](=O)[O-])c2n1. The summed E-state index contributed by atoms with van der Waals surface area (Å²) in [5.74, 6) is 0. The summed E-state index contributed by atoms with van der Waals surface area (Å²) in [5.41, 5.74) is 2.52. The van der Waals surface area contributed by atoms with Gasteiger partial charge in [-0.3, -0.25) is 15.0 Å². The molecule has 2 aromatic rings. The Morgan fingerprint density at radius 3 is 2.76 bits per heavy atom. The summed E-state index contributed by atoms with van der Waals surface area (Å²) in [6.07, 6.45) is 5.03. The molecule has 2 fully saturated rings. The van der Waals surface area contributed by atoms with Crippen LogP contribution in [-0.2, 0) is 0 Å². The highest BCUT2D eigenvalue weighted by Gasteiger charge is 2.28. The second kappa shape index (κ2) is 6.59. The molecule has 4 rings (SSSR count). The van der Waals surface area contributed by atoms with E-state index in [4.69, 9.17) is 0 Å². The lowest BCUT2D eigenvalue weighted by Gasteiger charge is -2.39. The summed E-state index contributed by atoms with van der Waals surface area (Å²) < 4.78 is 0. The number of benzene rings is 1. The number of pyridine rings is 1. The average molecular weight is 340 g/mol. The van der Waals surface area contributed by atoms with E-state index < -0.39 is 0 Å². The predicted molar refractivity (Wildman–Crippen MR) is 99.2 cm³/mol. The summed E-state index contributed by atoms with van der Waals surface area (Å²) in [6.45, 7) is 6.34. The van der Waals surface area contributed by atoms with Gasteiger partial charge in [0.2, 0.25) is 0 Å². The van der Waals surface area contributed by atoms with Gasteiger partial charge in [-0.2, -0.15) is 0 Å². The number of nitro groups is 1. The van der Waals surface area contributed by atoms with Crippen LogP contribution in [-0.4, -0.2) is 47.0 Å². The molecule has 1 aromatic carbocycles. The second-order valence-electron chi connectivity index (χ2n) is 7.20. The van der Waals surface area contributed by atoms with Gasteiger partial charge < -0.3 is 4.90 Å². The molecule has 2 aliphatic rings. The van der Waals surface area contributed by atoms with Gasteiger partial charge in [-0.05, 0) is 51.8 Å². The van der Waals surface area contributed by atoms with Crippen LogP contribution in [0.4, 0.5) is 11.4 Å². The third-order valence-corrected chi connectivity index (χ3v) is 5.52. The van der Waals surface area contributed by atoms with Crippen LogP contribution in [0.25, 0.3) is 10.9 Å². The minimum Gasteiger partial charge on any atom is -0.369 e. The number of aryl methyl sites for hydroxylation is 1. The van der Waals surface area contributed by atoms with Crippen LogP contribution < -0.4 is 4.90 Å². The van der Waals surface area contributed by atoms with E-state index >= 15 is 0 Å². The van der Waals surface area contributed by atoms with Gasteiger partial charge in [-0.1, -0.05) is 12.1 Å². The number of piperidine rings is 1. The van der Waals surface area contributed by atoms with Crippen LogP contribution >= 0.6 is 0 Å². The van der Waals surface area contributed by atoms with Crippen molar-refractivity contribution >= 4 is 22.3 Å². The number of rotatable bonds is 3. The molecule has 0 aliphatic carbocycles. The number of aromatic nitrogens is 1. The topological polar surface area (TPSA) is 62.5 Å². The number of para-hydroxylation sites is 1. The lowest BCUT2D eigenvalue weighted by atomic mass is 10.0. The fourth-order valence-electron chi connectivity index (χ4n) is 4.33. The summed E-state index contributed by atoms with van der Waals surface area (Å²) in [6, 6.07) is 7.95. The zero-order valence-corrected chi connectivity index (χ0v) is 14.6. The maximum atomic E-state index is 11.4. The first-order valence-electron chi connectivity index (χ1n) is 9.17. The molecule has 3 heterocycles. The van der Waals surface area contributed by atoms with E-state index in [1.807, 2.05) is 13.0 Å². The Bertz CT molecular complexity index is 801. The minimum absolute atomic E-state index is 0.0931. The quantitative estimate of drug-likeness (QED) is 0.632. The molecule has 25 heavy (non-hydrogen) atoms. The number of nitrogens with zero attached hydrogens (tertiary/aromatic N) is 4. The van der Waals surface area contributed by atoms with Crippen molar-refractivity contribution in [2.75, 3.05) is 31.1 Å². The third kappa shape index (κ3) is 3.06. The summed E-state index contributed by atoms with van der Waals surface area (Å²) in [4.78, 5) is 20.5. The Hall–Kier alpha value is -2.21. The lowest BCUT2D eigenvalue weighted by molar-refractivity contribution is -0.383. The number of non-ortho nitro benzene ring substituents is 1. The molecule has 2 saturated heterocycles. The molecule has 1 aromatic heterocycles. The lowest BCUT2D eigenvalue weighted by Crippen LogP contribution is -2.47. The standard InChI is InChI=1S/C19H24N4O2/c1-14-12-18(16-7-4-8-17(23(24)25)19(16)20-14)22-11-5-6-15(13-22)21-9-2-3-10-21/h4,7-8,12,15H,2-3,5-6,9-11,13H2,1H3. The molecule has 6 nitrogen and oxygen atoms in total. The van der Waals surface area contributed by atoms with Crippen LogP contribution in [0.3, 0.4) is 0 Å². The summed E-state index contributed by atoms with van der Waals surface area (Å²) in [5, 5.41) is 12.3. The van der Waals surface area contributed by atoms with Gasteiger partial charge in [0.1, 0.15) is 0 Å². The third-order valence-electron chi connectivity index (χ3n) is 5.52. The first-order valence-corrected chi connectivity index (χ1v) is 9.17. The molecule has 6 heteroatoms.